The van der Waals surface area contributed by atoms with Crippen LogP contribution in [-0.2, 0) is 9.53 Å². The molecule has 2 aliphatic rings. The number of ether oxygens (including phenoxy) is 1. The largest absolute Gasteiger partial charge is 0.457 e. The Balaban J connectivity index is 1.47. The van der Waals surface area contributed by atoms with Gasteiger partial charge in [-0.25, -0.2) is 0 Å². The molecule has 4 heteroatoms. The number of carbonyl (C=O) groups is 3. The van der Waals surface area contributed by atoms with Crippen LogP contribution in [-0.4, -0.2) is 24.1 Å². The van der Waals surface area contributed by atoms with E-state index in [1.165, 1.54) is 0 Å². The van der Waals surface area contributed by atoms with Crippen LogP contribution < -0.4 is 0 Å². The first kappa shape index (κ1) is 17.7. The Kier molecular flexibility index (Phi) is 4.88. The predicted octanol–water partition coefficient (Wildman–Crippen LogP) is 3.96. The van der Waals surface area contributed by atoms with Crippen LogP contribution in [0.15, 0.2) is 60.7 Å². The first-order chi connectivity index (χ1) is 13.1. The Labute approximate surface area is 158 Å². The fourth-order valence-electron chi connectivity index (χ4n) is 4.74. The first-order valence-corrected chi connectivity index (χ1v) is 9.49. The van der Waals surface area contributed by atoms with Gasteiger partial charge in [0.15, 0.2) is 18.2 Å². The molecule has 2 aromatic carbocycles. The number of carbonyl (C=O) groups excluding carboxylic acids is 3. The van der Waals surface area contributed by atoms with E-state index in [2.05, 4.69) is 0 Å². The van der Waals surface area contributed by atoms with Crippen LogP contribution >= 0.6 is 0 Å². The SMILES string of the molecule is O=C(COC(=O)[C@@H]1[C@@H]2CC[C@@H](C2)[C@@H]1C(=O)c1ccccc1)c1ccccc1. The maximum Gasteiger partial charge on any atom is 0.310 e. The van der Waals surface area contributed by atoms with E-state index in [4.69, 9.17) is 4.74 Å². The zero-order valence-electron chi connectivity index (χ0n) is 15.0. The van der Waals surface area contributed by atoms with E-state index in [1.54, 1.807) is 36.4 Å². The highest BCUT2D eigenvalue weighted by atomic mass is 16.5. The van der Waals surface area contributed by atoms with Gasteiger partial charge in [-0.3, -0.25) is 14.4 Å². The van der Waals surface area contributed by atoms with Gasteiger partial charge in [0, 0.05) is 17.0 Å². The van der Waals surface area contributed by atoms with Crippen LogP contribution in [0, 0.1) is 23.7 Å². The van der Waals surface area contributed by atoms with Crippen molar-refractivity contribution in [2.75, 3.05) is 6.61 Å². The molecule has 4 rings (SSSR count). The van der Waals surface area contributed by atoms with Crippen molar-refractivity contribution in [3.05, 3.63) is 71.8 Å². The zero-order chi connectivity index (χ0) is 18.8. The minimum Gasteiger partial charge on any atom is -0.457 e. The molecule has 0 spiro atoms. The Hall–Kier alpha value is -2.75. The van der Waals surface area contributed by atoms with E-state index < -0.39 is 11.9 Å². The van der Waals surface area contributed by atoms with Crippen LogP contribution in [0.4, 0.5) is 0 Å². The number of hydrogen-bond donors (Lipinski definition) is 0. The summed E-state index contributed by atoms with van der Waals surface area (Å²) in [5.74, 6) is -0.930. The maximum atomic E-state index is 13.0. The number of fused-ring (bicyclic) bond motifs is 2. The molecule has 27 heavy (non-hydrogen) atoms. The molecule has 138 valence electrons. The molecule has 0 heterocycles. The number of benzene rings is 2. The molecule has 0 aliphatic heterocycles. The summed E-state index contributed by atoms with van der Waals surface area (Å²) in [4.78, 5) is 38.0. The summed E-state index contributed by atoms with van der Waals surface area (Å²) in [6.07, 6.45) is 2.84. The van der Waals surface area contributed by atoms with Crippen molar-refractivity contribution in [2.45, 2.75) is 19.3 Å². The van der Waals surface area contributed by atoms with E-state index >= 15 is 0 Å². The lowest BCUT2D eigenvalue weighted by molar-refractivity contribution is -0.150. The summed E-state index contributed by atoms with van der Waals surface area (Å²) in [6, 6.07) is 17.9. The highest BCUT2D eigenvalue weighted by molar-refractivity contribution is 6.01. The quantitative estimate of drug-likeness (QED) is 0.576. The lowest BCUT2D eigenvalue weighted by Crippen LogP contribution is -2.36. The van der Waals surface area contributed by atoms with Gasteiger partial charge in [0.25, 0.3) is 0 Å². The van der Waals surface area contributed by atoms with Crippen molar-refractivity contribution in [3.8, 4) is 0 Å². The normalized spacial score (nSPS) is 25.9. The van der Waals surface area contributed by atoms with Gasteiger partial charge in [0.2, 0.25) is 0 Å². The standard InChI is InChI=1S/C23H22O4/c24-19(15-7-3-1-4-8-15)14-27-23(26)21-18-12-11-17(13-18)20(21)22(25)16-9-5-2-6-10-16/h1-10,17-18,20-21H,11-14H2/t17-,18+,20-,21+/m0/s1. The number of Topliss-reactive ketones (excluding diaryl/α,β-unsaturated/α-hetero) is 2. The van der Waals surface area contributed by atoms with Crippen LogP contribution in [0.5, 0.6) is 0 Å². The Morgan fingerprint density at radius 1 is 0.778 bits per heavy atom. The Morgan fingerprint density at radius 2 is 1.33 bits per heavy atom. The Morgan fingerprint density at radius 3 is 1.96 bits per heavy atom. The van der Waals surface area contributed by atoms with Crippen molar-refractivity contribution in [1.82, 2.24) is 0 Å². The number of hydrogen-bond acceptors (Lipinski definition) is 4. The summed E-state index contributed by atoms with van der Waals surface area (Å²) in [5, 5.41) is 0. The number of esters is 1. The van der Waals surface area contributed by atoms with E-state index in [0.29, 0.717) is 11.1 Å². The van der Waals surface area contributed by atoms with E-state index in [0.717, 1.165) is 19.3 Å². The first-order valence-electron chi connectivity index (χ1n) is 9.49. The van der Waals surface area contributed by atoms with Crippen LogP contribution in [0.3, 0.4) is 0 Å². The molecule has 2 saturated carbocycles. The molecule has 0 N–H and O–H groups in total. The lowest BCUT2D eigenvalue weighted by atomic mass is 9.75. The van der Waals surface area contributed by atoms with E-state index in [-0.39, 0.29) is 35.9 Å². The van der Waals surface area contributed by atoms with Gasteiger partial charge < -0.3 is 4.74 Å². The molecule has 2 bridgehead atoms. The molecule has 4 nitrogen and oxygen atoms in total. The summed E-state index contributed by atoms with van der Waals surface area (Å²) >= 11 is 0. The van der Waals surface area contributed by atoms with Gasteiger partial charge >= 0.3 is 5.97 Å². The molecule has 2 fully saturated rings. The average molecular weight is 362 g/mol. The van der Waals surface area contributed by atoms with Crippen molar-refractivity contribution in [1.29, 1.82) is 0 Å². The molecule has 0 saturated heterocycles. The average Bonchev–Trinajstić information content (AvgIpc) is 3.34. The van der Waals surface area contributed by atoms with Crippen LogP contribution in [0.25, 0.3) is 0 Å². The van der Waals surface area contributed by atoms with Crippen LogP contribution in [0.2, 0.25) is 0 Å². The fourth-order valence-corrected chi connectivity index (χ4v) is 4.74. The third-order valence-corrected chi connectivity index (χ3v) is 5.99. The molecule has 0 radical (unpaired) electrons. The van der Waals surface area contributed by atoms with Crippen molar-refractivity contribution in [2.24, 2.45) is 23.7 Å². The maximum absolute atomic E-state index is 13.0. The molecule has 2 aliphatic carbocycles. The van der Waals surface area contributed by atoms with Gasteiger partial charge in [-0.1, -0.05) is 60.7 Å². The predicted molar refractivity (Wildman–Crippen MR) is 100 cm³/mol. The molecule has 2 aromatic rings. The van der Waals surface area contributed by atoms with E-state index in [1.807, 2.05) is 24.3 Å². The second-order valence-electron chi connectivity index (χ2n) is 7.51. The van der Waals surface area contributed by atoms with Crippen LogP contribution in [0.1, 0.15) is 40.0 Å². The number of ketones is 2. The summed E-state index contributed by atoms with van der Waals surface area (Å²) < 4.78 is 5.37. The van der Waals surface area contributed by atoms with Gasteiger partial charge in [-0.05, 0) is 31.1 Å². The van der Waals surface area contributed by atoms with Crippen molar-refractivity contribution >= 4 is 17.5 Å². The molecule has 0 aromatic heterocycles. The van der Waals surface area contributed by atoms with Gasteiger partial charge in [-0.2, -0.15) is 0 Å². The third kappa shape index (κ3) is 3.44. The fraction of sp³-hybridized carbons (Fsp3) is 0.348. The smallest absolute Gasteiger partial charge is 0.310 e. The number of rotatable bonds is 6. The van der Waals surface area contributed by atoms with Gasteiger partial charge in [0.05, 0.1) is 5.92 Å². The summed E-state index contributed by atoms with van der Waals surface area (Å²) in [7, 11) is 0. The Bertz CT molecular complexity index is 843. The second-order valence-corrected chi connectivity index (χ2v) is 7.51. The van der Waals surface area contributed by atoms with Gasteiger partial charge in [-0.15, -0.1) is 0 Å². The minimum atomic E-state index is -0.431. The molecule has 0 unspecified atom stereocenters. The van der Waals surface area contributed by atoms with Crippen molar-refractivity contribution < 1.29 is 19.1 Å². The topological polar surface area (TPSA) is 60.4 Å². The summed E-state index contributed by atoms with van der Waals surface area (Å²) in [5.41, 5.74) is 1.17. The third-order valence-electron chi connectivity index (χ3n) is 5.99. The van der Waals surface area contributed by atoms with Crippen molar-refractivity contribution in [3.63, 3.8) is 0 Å². The zero-order valence-corrected chi connectivity index (χ0v) is 15.0. The molecular formula is C23H22O4. The highest BCUT2D eigenvalue weighted by Crippen LogP contribution is 2.53. The monoisotopic (exact) mass is 362 g/mol. The molecule has 0 amide bonds. The molecule has 4 atom stereocenters. The second kappa shape index (κ2) is 7.47. The minimum absolute atomic E-state index is 0.0270. The highest BCUT2D eigenvalue weighted by Gasteiger charge is 2.54. The van der Waals surface area contributed by atoms with E-state index in [9.17, 15) is 14.4 Å². The molecular weight excluding hydrogens is 340 g/mol. The lowest BCUT2D eigenvalue weighted by Gasteiger charge is -2.28. The van der Waals surface area contributed by atoms with Gasteiger partial charge in [0.1, 0.15) is 0 Å². The summed E-state index contributed by atoms with van der Waals surface area (Å²) in [6.45, 7) is -0.275.